The third-order valence-corrected chi connectivity index (χ3v) is 4.00. The van der Waals surface area contributed by atoms with Crippen LogP contribution < -0.4 is 5.32 Å². The number of nitrogens with one attached hydrogen (secondary N) is 1. The van der Waals surface area contributed by atoms with Crippen LogP contribution in [0, 0.1) is 5.92 Å². The molecule has 0 radical (unpaired) electrons. The Morgan fingerprint density at radius 1 is 1.36 bits per heavy atom. The molecule has 0 aromatic heterocycles. The first-order chi connectivity index (χ1) is 10.6. The second-order valence-corrected chi connectivity index (χ2v) is 5.62. The molecule has 0 bridgehead atoms. The zero-order chi connectivity index (χ0) is 15.9. The van der Waals surface area contributed by atoms with Crippen LogP contribution in [0.15, 0.2) is 30.3 Å². The van der Waals surface area contributed by atoms with Crippen molar-refractivity contribution < 1.29 is 19.1 Å². The van der Waals surface area contributed by atoms with Crippen molar-refractivity contribution in [1.82, 2.24) is 5.32 Å². The Balaban J connectivity index is 2.01. The maximum absolute atomic E-state index is 12.1. The van der Waals surface area contributed by atoms with E-state index in [1.54, 1.807) is 0 Å². The first kappa shape index (κ1) is 16.5. The normalized spacial score (nSPS) is 20.2. The standard InChI is InChI=1S/C17H23NO4/c1-12(18-16(19)15-9-6-10-22-15)14(17(20)21-2)11-13-7-4-3-5-8-13/h3-5,7-8,12,14-15H,6,9-11H2,1-2H3,(H,18,19)/t12-,14+,15+/m1/s1. The van der Waals surface area contributed by atoms with E-state index >= 15 is 0 Å². The number of hydrogen-bond donors (Lipinski definition) is 1. The Bertz CT molecular complexity index is 497. The van der Waals surface area contributed by atoms with Gasteiger partial charge in [-0.25, -0.2) is 0 Å². The van der Waals surface area contributed by atoms with Gasteiger partial charge >= 0.3 is 5.97 Å². The summed E-state index contributed by atoms with van der Waals surface area (Å²) in [5.74, 6) is -0.881. The molecular formula is C17H23NO4. The zero-order valence-electron chi connectivity index (χ0n) is 13.1. The fourth-order valence-corrected chi connectivity index (χ4v) is 2.69. The minimum Gasteiger partial charge on any atom is -0.469 e. The number of carbonyl (C=O) groups is 2. The van der Waals surface area contributed by atoms with Gasteiger partial charge in [-0.1, -0.05) is 30.3 Å². The quantitative estimate of drug-likeness (QED) is 0.813. The molecule has 5 heteroatoms. The van der Waals surface area contributed by atoms with E-state index in [1.165, 1.54) is 7.11 Å². The maximum atomic E-state index is 12.1. The molecular weight excluding hydrogens is 282 g/mol. The fourth-order valence-electron chi connectivity index (χ4n) is 2.69. The highest BCUT2D eigenvalue weighted by Gasteiger charge is 2.31. The smallest absolute Gasteiger partial charge is 0.311 e. The molecule has 1 aromatic rings. The number of hydrogen-bond acceptors (Lipinski definition) is 4. The highest BCUT2D eigenvalue weighted by molar-refractivity contribution is 5.82. The third-order valence-electron chi connectivity index (χ3n) is 4.00. The Labute approximate surface area is 131 Å². The highest BCUT2D eigenvalue weighted by Crippen LogP contribution is 2.17. The summed E-state index contributed by atoms with van der Waals surface area (Å²) in [7, 11) is 1.37. The topological polar surface area (TPSA) is 64.6 Å². The van der Waals surface area contributed by atoms with Crippen LogP contribution in [0.4, 0.5) is 0 Å². The molecule has 3 atom stereocenters. The van der Waals surface area contributed by atoms with Crippen LogP contribution in [0.3, 0.4) is 0 Å². The minimum absolute atomic E-state index is 0.146. The first-order valence-electron chi connectivity index (χ1n) is 7.65. The monoisotopic (exact) mass is 305 g/mol. The molecule has 1 fully saturated rings. The van der Waals surface area contributed by atoms with Gasteiger partial charge in [0.2, 0.25) is 5.91 Å². The lowest BCUT2D eigenvalue weighted by atomic mass is 9.93. The van der Waals surface area contributed by atoms with E-state index in [9.17, 15) is 9.59 Å². The summed E-state index contributed by atoms with van der Waals surface area (Å²) in [6, 6.07) is 9.40. The molecule has 0 saturated carbocycles. The fraction of sp³-hybridized carbons (Fsp3) is 0.529. The number of rotatable bonds is 6. The van der Waals surface area contributed by atoms with E-state index in [4.69, 9.17) is 9.47 Å². The van der Waals surface area contributed by atoms with Crippen molar-refractivity contribution in [3.05, 3.63) is 35.9 Å². The van der Waals surface area contributed by atoms with Crippen LogP contribution in [0.2, 0.25) is 0 Å². The first-order valence-corrected chi connectivity index (χ1v) is 7.65. The van der Waals surface area contributed by atoms with E-state index in [-0.39, 0.29) is 17.9 Å². The molecule has 5 nitrogen and oxygen atoms in total. The molecule has 1 amide bonds. The Kier molecular flexibility index (Phi) is 5.95. The summed E-state index contributed by atoms with van der Waals surface area (Å²) >= 11 is 0. The largest absolute Gasteiger partial charge is 0.469 e. The molecule has 1 aromatic carbocycles. The number of ether oxygens (including phenoxy) is 2. The van der Waals surface area contributed by atoms with Crippen LogP contribution >= 0.6 is 0 Å². The van der Waals surface area contributed by atoms with Crippen LogP contribution in [0.25, 0.3) is 0 Å². The Morgan fingerprint density at radius 2 is 2.09 bits per heavy atom. The van der Waals surface area contributed by atoms with Crippen molar-refractivity contribution >= 4 is 11.9 Å². The molecule has 120 valence electrons. The SMILES string of the molecule is COC(=O)[C@@H](Cc1ccccc1)[C@@H](C)NC(=O)[C@@H]1CCCO1. The van der Waals surface area contributed by atoms with Crippen LogP contribution in [0.1, 0.15) is 25.3 Å². The molecule has 22 heavy (non-hydrogen) atoms. The van der Waals surface area contributed by atoms with Gasteiger partial charge in [0.1, 0.15) is 6.10 Å². The lowest BCUT2D eigenvalue weighted by Crippen LogP contribution is -2.46. The summed E-state index contributed by atoms with van der Waals surface area (Å²) < 4.78 is 10.3. The van der Waals surface area contributed by atoms with Crippen molar-refractivity contribution in [2.75, 3.05) is 13.7 Å². The molecule has 0 spiro atoms. The van der Waals surface area contributed by atoms with Crippen molar-refractivity contribution in [1.29, 1.82) is 0 Å². The van der Waals surface area contributed by atoms with Gasteiger partial charge in [0, 0.05) is 12.6 Å². The third kappa shape index (κ3) is 4.31. The van der Waals surface area contributed by atoms with Crippen molar-refractivity contribution in [2.24, 2.45) is 5.92 Å². The number of carbonyl (C=O) groups excluding carboxylic acids is 2. The molecule has 1 heterocycles. The van der Waals surface area contributed by atoms with Crippen LogP contribution in [0.5, 0.6) is 0 Å². The number of methoxy groups -OCH3 is 1. The second kappa shape index (κ2) is 7.94. The molecule has 0 aliphatic carbocycles. The maximum Gasteiger partial charge on any atom is 0.311 e. The van der Waals surface area contributed by atoms with Gasteiger partial charge in [-0.15, -0.1) is 0 Å². The molecule has 1 aliphatic rings. The number of amides is 1. The highest BCUT2D eigenvalue weighted by atomic mass is 16.5. The van der Waals surface area contributed by atoms with Crippen molar-refractivity contribution in [3.8, 4) is 0 Å². The van der Waals surface area contributed by atoms with Gasteiger partial charge in [0.25, 0.3) is 0 Å². The van der Waals surface area contributed by atoms with Gasteiger partial charge in [-0.3, -0.25) is 9.59 Å². The summed E-state index contributed by atoms with van der Waals surface area (Å²) in [4.78, 5) is 24.2. The predicted molar refractivity (Wildman–Crippen MR) is 82.2 cm³/mol. The predicted octanol–water partition coefficient (Wildman–Crippen LogP) is 1.70. The van der Waals surface area contributed by atoms with Gasteiger partial charge in [-0.05, 0) is 31.7 Å². The number of esters is 1. The zero-order valence-corrected chi connectivity index (χ0v) is 13.1. The van der Waals surface area contributed by atoms with Gasteiger partial charge in [0.05, 0.1) is 13.0 Å². The van der Waals surface area contributed by atoms with E-state index in [0.717, 1.165) is 18.4 Å². The van der Waals surface area contributed by atoms with Gasteiger partial charge in [-0.2, -0.15) is 0 Å². The van der Waals surface area contributed by atoms with Crippen LogP contribution in [-0.2, 0) is 25.5 Å². The van der Waals surface area contributed by atoms with Gasteiger partial charge in [0.15, 0.2) is 0 Å². The molecule has 1 aliphatic heterocycles. The minimum atomic E-state index is -0.419. The lowest BCUT2D eigenvalue weighted by Gasteiger charge is -2.24. The average Bonchev–Trinajstić information content (AvgIpc) is 3.07. The second-order valence-electron chi connectivity index (χ2n) is 5.62. The van der Waals surface area contributed by atoms with Crippen LogP contribution in [-0.4, -0.2) is 37.7 Å². The van der Waals surface area contributed by atoms with Crippen molar-refractivity contribution in [3.63, 3.8) is 0 Å². The average molecular weight is 305 g/mol. The molecule has 1 N–H and O–H groups in total. The van der Waals surface area contributed by atoms with E-state index in [2.05, 4.69) is 5.32 Å². The van der Waals surface area contributed by atoms with E-state index in [1.807, 2.05) is 37.3 Å². The number of benzene rings is 1. The summed E-state index contributed by atoms with van der Waals surface area (Å²) in [6.45, 7) is 2.45. The molecule has 0 unspecified atom stereocenters. The van der Waals surface area contributed by atoms with E-state index < -0.39 is 12.0 Å². The summed E-state index contributed by atoms with van der Waals surface area (Å²) in [5.41, 5.74) is 1.04. The van der Waals surface area contributed by atoms with E-state index in [0.29, 0.717) is 13.0 Å². The Hall–Kier alpha value is -1.88. The Morgan fingerprint density at radius 3 is 2.68 bits per heavy atom. The summed E-state index contributed by atoms with van der Waals surface area (Å²) in [5, 5.41) is 2.89. The van der Waals surface area contributed by atoms with Crippen molar-refractivity contribution in [2.45, 2.75) is 38.3 Å². The molecule has 2 rings (SSSR count). The van der Waals surface area contributed by atoms with Gasteiger partial charge < -0.3 is 14.8 Å². The lowest BCUT2D eigenvalue weighted by molar-refractivity contribution is -0.146. The summed E-state index contributed by atoms with van der Waals surface area (Å²) in [6.07, 6.45) is 1.77. The molecule has 1 saturated heterocycles.